The van der Waals surface area contributed by atoms with Crippen LogP contribution in [0.1, 0.15) is 54.0 Å². The molecular weight excluding hydrogens is 491 g/mol. The van der Waals surface area contributed by atoms with Gasteiger partial charge in [-0.2, -0.15) is 26.3 Å². The van der Waals surface area contributed by atoms with E-state index in [1.165, 1.54) is 19.1 Å². The molecule has 3 unspecified atom stereocenters. The van der Waals surface area contributed by atoms with Gasteiger partial charge in [-0.3, -0.25) is 4.90 Å². The molecule has 2 aromatic carbocycles. The average Bonchev–Trinajstić information content (AvgIpc) is 3.20. The van der Waals surface area contributed by atoms with Gasteiger partial charge in [-0.05, 0) is 67.1 Å². The van der Waals surface area contributed by atoms with Crippen molar-refractivity contribution in [2.24, 2.45) is 5.92 Å². The molecule has 1 aliphatic carbocycles. The Morgan fingerprint density at radius 1 is 0.917 bits per heavy atom. The van der Waals surface area contributed by atoms with Crippen LogP contribution in [0, 0.1) is 11.7 Å². The molecule has 4 atom stereocenters. The van der Waals surface area contributed by atoms with Crippen LogP contribution in [0.4, 0.5) is 30.7 Å². The highest BCUT2D eigenvalue weighted by Gasteiger charge is 2.41. The Kier molecular flexibility index (Phi) is 7.97. The van der Waals surface area contributed by atoms with Crippen molar-refractivity contribution in [3.8, 4) is 0 Å². The average molecular weight is 520 g/mol. The maximum absolute atomic E-state index is 13.6. The lowest BCUT2D eigenvalue weighted by molar-refractivity contribution is -0.143. The molecule has 0 spiro atoms. The molecule has 0 amide bonds. The first-order valence-electron chi connectivity index (χ1n) is 11.9. The van der Waals surface area contributed by atoms with Crippen molar-refractivity contribution in [2.75, 3.05) is 32.8 Å². The molecular formula is C26H28F7NO2. The monoisotopic (exact) mass is 519 g/mol. The fourth-order valence-electron chi connectivity index (χ4n) is 5.24. The van der Waals surface area contributed by atoms with Crippen molar-refractivity contribution in [2.45, 2.75) is 50.2 Å². The van der Waals surface area contributed by atoms with Crippen LogP contribution in [0.25, 0.3) is 0 Å². The summed E-state index contributed by atoms with van der Waals surface area (Å²) in [6, 6.07) is 7.59. The minimum Gasteiger partial charge on any atom is -0.379 e. The Morgan fingerprint density at radius 2 is 1.50 bits per heavy atom. The highest BCUT2D eigenvalue weighted by atomic mass is 19.4. The van der Waals surface area contributed by atoms with E-state index in [1.54, 1.807) is 12.1 Å². The summed E-state index contributed by atoms with van der Waals surface area (Å²) in [6.45, 7) is 5.02. The predicted molar refractivity (Wildman–Crippen MR) is 119 cm³/mol. The van der Waals surface area contributed by atoms with E-state index < -0.39 is 41.5 Å². The first-order chi connectivity index (χ1) is 16.9. The van der Waals surface area contributed by atoms with Crippen LogP contribution in [0.3, 0.4) is 0 Å². The lowest BCUT2D eigenvalue weighted by Crippen LogP contribution is -2.40. The van der Waals surface area contributed by atoms with Crippen LogP contribution >= 0.6 is 0 Å². The van der Waals surface area contributed by atoms with Crippen molar-refractivity contribution in [1.82, 2.24) is 4.90 Å². The number of hydrogen-bond donors (Lipinski definition) is 0. The molecule has 1 heterocycles. The quantitative estimate of drug-likeness (QED) is 0.391. The first-order valence-corrected chi connectivity index (χ1v) is 11.9. The van der Waals surface area contributed by atoms with Crippen LogP contribution in [0.5, 0.6) is 0 Å². The predicted octanol–water partition coefficient (Wildman–Crippen LogP) is 6.84. The minimum absolute atomic E-state index is 0.117. The zero-order valence-electron chi connectivity index (χ0n) is 19.7. The van der Waals surface area contributed by atoms with Gasteiger partial charge in [0.1, 0.15) is 5.82 Å². The summed E-state index contributed by atoms with van der Waals surface area (Å²) in [5.74, 6) is -0.433. The van der Waals surface area contributed by atoms with Crippen LogP contribution in [0.15, 0.2) is 42.5 Å². The number of hydrogen-bond acceptors (Lipinski definition) is 3. The number of alkyl halides is 6. The lowest BCUT2D eigenvalue weighted by atomic mass is 9.87. The molecule has 2 fully saturated rings. The van der Waals surface area contributed by atoms with Gasteiger partial charge < -0.3 is 9.47 Å². The van der Waals surface area contributed by atoms with E-state index in [9.17, 15) is 30.7 Å². The molecule has 36 heavy (non-hydrogen) atoms. The number of benzene rings is 2. The zero-order valence-corrected chi connectivity index (χ0v) is 19.7. The van der Waals surface area contributed by atoms with Crippen LogP contribution in [0.2, 0.25) is 0 Å². The molecule has 1 aliphatic heterocycles. The van der Waals surface area contributed by atoms with Crippen LogP contribution in [-0.2, 0) is 21.8 Å². The molecule has 0 N–H and O–H groups in total. The topological polar surface area (TPSA) is 21.7 Å². The normalized spacial score (nSPS) is 24.7. The Labute approximate surface area is 205 Å². The van der Waals surface area contributed by atoms with E-state index in [2.05, 4.69) is 4.90 Å². The summed E-state index contributed by atoms with van der Waals surface area (Å²) in [5.41, 5.74) is -2.08. The number of nitrogens with zero attached hydrogens (tertiary/aromatic N) is 1. The van der Waals surface area contributed by atoms with E-state index in [0.717, 1.165) is 31.6 Å². The Bertz CT molecular complexity index is 984. The maximum atomic E-state index is 13.6. The summed E-state index contributed by atoms with van der Waals surface area (Å²) in [6.07, 6.45) is -9.95. The molecule has 1 saturated carbocycles. The van der Waals surface area contributed by atoms with Gasteiger partial charge in [0, 0.05) is 25.6 Å². The Morgan fingerprint density at radius 3 is 2.06 bits per heavy atom. The second-order valence-electron chi connectivity index (χ2n) is 9.48. The van der Waals surface area contributed by atoms with Crippen molar-refractivity contribution in [3.05, 3.63) is 70.5 Å². The summed E-state index contributed by atoms with van der Waals surface area (Å²) in [4.78, 5) is 2.28. The minimum atomic E-state index is -4.93. The fourth-order valence-corrected chi connectivity index (χ4v) is 5.24. The van der Waals surface area contributed by atoms with Crippen LogP contribution in [-0.4, -0.2) is 43.9 Å². The second kappa shape index (κ2) is 10.7. The van der Waals surface area contributed by atoms with Crippen molar-refractivity contribution in [1.29, 1.82) is 0 Å². The molecule has 0 bridgehead atoms. The van der Waals surface area contributed by atoms with Gasteiger partial charge in [-0.25, -0.2) is 4.39 Å². The zero-order chi connectivity index (χ0) is 26.1. The maximum Gasteiger partial charge on any atom is 0.416 e. The van der Waals surface area contributed by atoms with Crippen molar-refractivity contribution in [3.63, 3.8) is 0 Å². The number of morpholine rings is 1. The van der Waals surface area contributed by atoms with Crippen molar-refractivity contribution >= 4 is 0 Å². The summed E-state index contributed by atoms with van der Waals surface area (Å²) in [5, 5.41) is 0. The summed E-state index contributed by atoms with van der Waals surface area (Å²) in [7, 11) is 0. The van der Waals surface area contributed by atoms with Gasteiger partial charge in [0.2, 0.25) is 0 Å². The largest absolute Gasteiger partial charge is 0.416 e. The third kappa shape index (κ3) is 6.39. The number of rotatable bonds is 6. The number of ether oxygens (including phenoxy) is 2. The lowest BCUT2D eigenvalue weighted by Gasteiger charge is -2.33. The van der Waals surface area contributed by atoms with E-state index in [-0.39, 0.29) is 23.5 Å². The molecule has 2 aromatic rings. The van der Waals surface area contributed by atoms with Gasteiger partial charge in [-0.15, -0.1) is 0 Å². The van der Waals surface area contributed by atoms with E-state index in [4.69, 9.17) is 9.47 Å². The third-order valence-corrected chi connectivity index (χ3v) is 7.04. The second-order valence-corrected chi connectivity index (χ2v) is 9.48. The third-order valence-electron chi connectivity index (χ3n) is 7.04. The fraction of sp³-hybridized carbons (Fsp3) is 0.538. The van der Waals surface area contributed by atoms with E-state index in [1.807, 2.05) is 0 Å². The Balaban J connectivity index is 1.59. The summed E-state index contributed by atoms with van der Waals surface area (Å²) >= 11 is 0. The molecule has 10 heteroatoms. The van der Waals surface area contributed by atoms with Gasteiger partial charge in [0.15, 0.2) is 0 Å². The number of halogens is 7. The molecule has 0 aromatic heterocycles. The molecule has 3 nitrogen and oxygen atoms in total. The smallest absolute Gasteiger partial charge is 0.379 e. The highest BCUT2D eigenvalue weighted by Crippen LogP contribution is 2.45. The standard InChI is InChI=1S/C26H28F7NO2/c1-16(19-12-20(25(28,29)30)14-21(13-19)26(31,32)33)36-23-7-4-18(15-34-8-10-35-11-9-34)24(23)17-2-5-22(27)6-3-17/h2-3,5-6,12-14,16,18,23-24H,4,7-11,15H2,1H3/t16-,18?,23?,24?/m1/s1. The van der Waals surface area contributed by atoms with Crippen molar-refractivity contribution < 1.29 is 40.2 Å². The first kappa shape index (κ1) is 26.9. The molecule has 2 aliphatic rings. The molecule has 198 valence electrons. The van der Waals surface area contributed by atoms with Gasteiger partial charge in [-0.1, -0.05) is 12.1 Å². The molecule has 0 radical (unpaired) electrons. The Hall–Kier alpha value is -2.17. The molecule has 1 saturated heterocycles. The van der Waals surface area contributed by atoms with Crippen LogP contribution < -0.4 is 0 Å². The van der Waals surface area contributed by atoms with Gasteiger partial charge in [0.05, 0.1) is 36.5 Å². The van der Waals surface area contributed by atoms with Gasteiger partial charge in [0.25, 0.3) is 0 Å². The van der Waals surface area contributed by atoms with E-state index >= 15 is 0 Å². The summed E-state index contributed by atoms with van der Waals surface area (Å²) < 4.78 is 105. The highest BCUT2D eigenvalue weighted by molar-refractivity contribution is 5.35. The van der Waals surface area contributed by atoms with E-state index in [0.29, 0.717) is 31.8 Å². The van der Waals surface area contributed by atoms with Gasteiger partial charge >= 0.3 is 12.4 Å². The SMILES string of the molecule is C[C@@H](OC1CCC(CN2CCOCC2)C1c1ccc(F)cc1)c1cc(C(F)(F)F)cc(C(F)(F)F)c1. The molecule has 4 rings (SSSR count).